The molecule has 0 spiro atoms. The average Bonchev–Trinajstić information content (AvgIpc) is 3.14. The molecule has 0 saturated heterocycles. The SMILES string of the molecule is [Pt+2].[S-]c1cccc2ccc(Oc3[c-]c4c(cc3)c3ccccc3n4-c3cnccn3)nc12. The first kappa shape index (κ1) is 20.6. The molecular weight excluding hydrogens is 599 g/mol. The number of ether oxygens (including phenoxy) is 1. The van der Waals surface area contributed by atoms with E-state index in [1.165, 1.54) is 0 Å². The normalized spacial score (nSPS) is 11.0. The van der Waals surface area contributed by atoms with Gasteiger partial charge in [-0.25, -0.2) is 9.97 Å². The summed E-state index contributed by atoms with van der Waals surface area (Å²) in [6.45, 7) is 0. The number of hydrogen-bond donors (Lipinski definition) is 0. The van der Waals surface area contributed by atoms with Crippen LogP contribution in [0.2, 0.25) is 0 Å². The second-order valence-electron chi connectivity index (χ2n) is 7.08. The fraction of sp³-hybridized carbons (Fsp3) is 0. The van der Waals surface area contributed by atoms with Gasteiger partial charge in [0.05, 0.1) is 11.7 Å². The summed E-state index contributed by atoms with van der Waals surface area (Å²) >= 11 is 5.41. The molecule has 156 valence electrons. The van der Waals surface area contributed by atoms with Gasteiger partial charge < -0.3 is 21.9 Å². The minimum absolute atomic E-state index is 0. The number of hydrogen-bond acceptors (Lipinski definition) is 5. The molecule has 3 heterocycles. The number of benzene rings is 3. The van der Waals surface area contributed by atoms with Crippen LogP contribution in [0.25, 0.3) is 38.5 Å². The molecule has 0 unspecified atom stereocenters. The van der Waals surface area contributed by atoms with Gasteiger partial charge in [-0.2, -0.15) is 6.07 Å². The van der Waals surface area contributed by atoms with Crippen molar-refractivity contribution < 1.29 is 25.8 Å². The third-order valence-corrected chi connectivity index (χ3v) is 5.54. The number of fused-ring (bicyclic) bond motifs is 4. The Labute approximate surface area is 203 Å². The molecule has 5 nitrogen and oxygen atoms in total. The molecule has 6 rings (SSSR count). The van der Waals surface area contributed by atoms with Gasteiger partial charge in [0.25, 0.3) is 0 Å². The first-order valence-electron chi connectivity index (χ1n) is 9.74. The van der Waals surface area contributed by atoms with Gasteiger partial charge in [0.15, 0.2) is 5.82 Å². The predicted molar refractivity (Wildman–Crippen MR) is 123 cm³/mol. The molecule has 6 aromatic rings. The number of pyridine rings is 1. The van der Waals surface area contributed by atoms with Gasteiger partial charge in [-0.05, 0) is 22.9 Å². The van der Waals surface area contributed by atoms with Crippen LogP contribution in [0.3, 0.4) is 0 Å². The van der Waals surface area contributed by atoms with Crippen molar-refractivity contribution in [3.63, 3.8) is 0 Å². The van der Waals surface area contributed by atoms with Crippen LogP contribution in [0.1, 0.15) is 0 Å². The third kappa shape index (κ3) is 3.42. The molecule has 0 aliphatic heterocycles. The van der Waals surface area contributed by atoms with Crippen LogP contribution >= 0.6 is 0 Å². The van der Waals surface area contributed by atoms with E-state index in [1.807, 2.05) is 59.2 Å². The summed E-state index contributed by atoms with van der Waals surface area (Å²) in [5.41, 5.74) is 2.65. The molecule has 0 bridgehead atoms. The van der Waals surface area contributed by atoms with Crippen molar-refractivity contribution >= 4 is 45.3 Å². The van der Waals surface area contributed by atoms with Gasteiger partial charge in [-0.15, -0.1) is 22.4 Å². The minimum Gasteiger partial charge on any atom is -0.778 e. The molecule has 0 aliphatic rings. The molecule has 0 radical (unpaired) electrons. The standard InChI is InChI=1S/C25H15N4OS.Pt/c31-22-7-3-4-16-8-11-24(28-25(16)22)30-17-9-10-19-18-5-1-2-6-20(18)29(21(19)14-17)23-15-26-12-13-27-23;/h1-13,15,31H;/q-1;+2/p-1. The van der Waals surface area contributed by atoms with Crippen LogP contribution in [-0.2, 0) is 33.7 Å². The Morgan fingerprint density at radius 2 is 1.78 bits per heavy atom. The molecule has 0 N–H and O–H groups in total. The summed E-state index contributed by atoms with van der Waals surface area (Å²) in [6, 6.07) is 25.1. The maximum Gasteiger partial charge on any atom is 2.00 e. The van der Waals surface area contributed by atoms with Crippen molar-refractivity contribution in [2.75, 3.05) is 0 Å². The van der Waals surface area contributed by atoms with Gasteiger partial charge in [-0.1, -0.05) is 41.9 Å². The van der Waals surface area contributed by atoms with Gasteiger partial charge >= 0.3 is 21.1 Å². The summed E-state index contributed by atoms with van der Waals surface area (Å²) in [7, 11) is 0. The van der Waals surface area contributed by atoms with Crippen LogP contribution < -0.4 is 4.74 Å². The largest absolute Gasteiger partial charge is 2.00 e. The first-order chi connectivity index (χ1) is 15.3. The van der Waals surface area contributed by atoms with Crippen LogP contribution in [0.15, 0.2) is 90.2 Å². The summed E-state index contributed by atoms with van der Waals surface area (Å²) in [6.07, 6.45) is 5.08. The Balaban J connectivity index is 0.00000216. The van der Waals surface area contributed by atoms with E-state index in [4.69, 9.17) is 17.4 Å². The second-order valence-corrected chi connectivity index (χ2v) is 7.52. The minimum atomic E-state index is 0. The Morgan fingerprint density at radius 1 is 0.875 bits per heavy atom. The van der Waals surface area contributed by atoms with Crippen LogP contribution in [0, 0.1) is 6.07 Å². The topological polar surface area (TPSA) is 52.8 Å². The maximum atomic E-state index is 6.07. The number of rotatable bonds is 3. The van der Waals surface area contributed by atoms with Crippen molar-refractivity contribution in [3.05, 3.63) is 91.4 Å². The van der Waals surface area contributed by atoms with Crippen molar-refractivity contribution in [2.45, 2.75) is 4.90 Å². The van der Waals surface area contributed by atoms with E-state index in [0.29, 0.717) is 16.5 Å². The zero-order valence-corrected chi connectivity index (χ0v) is 19.6. The molecule has 7 heteroatoms. The van der Waals surface area contributed by atoms with Crippen molar-refractivity contribution in [2.24, 2.45) is 0 Å². The van der Waals surface area contributed by atoms with E-state index in [9.17, 15) is 0 Å². The average molecular weight is 614 g/mol. The second kappa shape index (κ2) is 8.30. The predicted octanol–water partition coefficient (Wildman–Crippen LogP) is 5.62. The molecule has 32 heavy (non-hydrogen) atoms. The van der Waals surface area contributed by atoms with E-state index >= 15 is 0 Å². The van der Waals surface area contributed by atoms with E-state index in [2.05, 4.69) is 33.2 Å². The molecule has 0 amide bonds. The van der Waals surface area contributed by atoms with Crippen LogP contribution in [0.4, 0.5) is 0 Å². The zero-order valence-electron chi connectivity index (χ0n) is 16.5. The third-order valence-electron chi connectivity index (χ3n) is 5.21. The smallest absolute Gasteiger partial charge is 0.778 e. The summed E-state index contributed by atoms with van der Waals surface area (Å²) in [5.74, 6) is 1.76. The summed E-state index contributed by atoms with van der Waals surface area (Å²) < 4.78 is 8.12. The Morgan fingerprint density at radius 3 is 2.66 bits per heavy atom. The van der Waals surface area contributed by atoms with Crippen molar-refractivity contribution in [3.8, 4) is 17.4 Å². The van der Waals surface area contributed by atoms with E-state index in [-0.39, 0.29) is 21.1 Å². The molecular formula is C25H14N4OPtS. The molecule has 3 aromatic carbocycles. The quantitative estimate of drug-likeness (QED) is 0.192. The van der Waals surface area contributed by atoms with E-state index < -0.39 is 0 Å². The Hall–Kier alpha value is -3.34. The fourth-order valence-corrected chi connectivity index (χ4v) is 4.09. The summed E-state index contributed by atoms with van der Waals surface area (Å²) in [4.78, 5) is 14.0. The molecule has 0 atom stereocenters. The van der Waals surface area contributed by atoms with Gasteiger partial charge in [0.2, 0.25) is 5.88 Å². The molecule has 0 saturated carbocycles. The van der Waals surface area contributed by atoms with Gasteiger partial charge in [0.1, 0.15) is 0 Å². The van der Waals surface area contributed by atoms with E-state index in [0.717, 1.165) is 38.5 Å². The molecule has 0 aliphatic carbocycles. The van der Waals surface area contributed by atoms with Gasteiger partial charge in [-0.3, -0.25) is 4.98 Å². The maximum absolute atomic E-state index is 6.07. The van der Waals surface area contributed by atoms with Crippen molar-refractivity contribution in [1.29, 1.82) is 0 Å². The zero-order chi connectivity index (χ0) is 20.8. The molecule has 3 aromatic heterocycles. The summed E-state index contributed by atoms with van der Waals surface area (Å²) in [5, 5.41) is 3.17. The number of nitrogens with zero attached hydrogens (tertiary/aromatic N) is 4. The molecule has 0 fully saturated rings. The fourth-order valence-electron chi connectivity index (χ4n) is 3.85. The van der Waals surface area contributed by atoms with Crippen LogP contribution in [-0.4, -0.2) is 19.5 Å². The Kier molecular flexibility index (Phi) is 5.33. The number of para-hydroxylation sites is 2. The first-order valence-corrected chi connectivity index (χ1v) is 10.2. The Bertz CT molecular complexity index is 1580. The van der Waals surface area contributed by atoms with Crippen LogP contribution in [0.5, 0.6) is 11.6 Å². The van der Waals surface area contributed by atoms with Gasteiger partial charge in [0, 0.05) is 29.7 Å². The number of aromatic nitrogens is 4. The monoisotopic (exact) mass is 613 g/mol. The van der Waals surface area contributed by atoms with E-state index in [1.54, 1.807) is 18.6 Å². The van der Waals surface area contributed by atoms with Crippen molar-refractivity contribution in [1.82, 2.24) is 19.5 Å².